The van der Waals surface area contributed by atoms with Crippen LogP contribution in [-0.4, -0.2) is 21.1 Å². The Hall–Kier alpha value is -4.08. The molecule has 170 valence electrons. The van der Waals surface area contributed by atoms with Gasteiger partial charge in [-0.3, -0.25) is 4.79 Å². The van der Waals surface area contributed by atoms with Gasteiger partial charge in [-0.2, -0.15) is 0 Å². The molecule has 0 bridgehead atoms. The van der Waals surface area contributed by atoms with Gasteiger partial charge in [-0.1, -0.05) is 48.5 Å². The Morgan fingerprint density at radius 1 is 1.03 bits per heavy atom. The molecule has 0 amide bonds. The van der Waals surface area contributed by atoms with Crippen LogP contribution >= 0.6 is 0 Å². The number of aryl methyl sites for hydroxylation is 1. The number of hydrogen-bond acceptors (Lipinski definition) is 6. The average molecular weight is 456 g/mol. The molecule has 0 saturated carbocycles. The Labute approximate surface area is 186 Å². The van der Waals surface area contributed by atoms with Crippen molar-refractivity contribution in [3.63, 3.8) is 0 Å². The molecule has 0 fully saturated rings. The maximum absolute atomic E-state index is 12.8. The largest absolute Gasteiger partial charge is 0.573 e. The molecule has 4 aromatic rings. The summed E-state index contributed by atoms with van der Waals surface area (Å²) in [6.07, 6.45) is -3.50. The van der Waals surface area contributed by atoms with Gasteiger partial charge in [0.15, 0.2) is 5.65 Å². The normalized spacial score (nSPS) is 11.4. The van der Waals surface area contributed by atoms with Crippen molar-refractivity contribution >= 4 is 16.7 Å². The standard InChI is InChI=1S/C23H19F3N4O3/c1-15-21-18(27-12-17-9-5-6-10-19(17)33-23(24,25)26)11-20(31)30(22(21)29-14-28-15)32-13-16-7-3-2-4-8-16/h2-11,14,27H,12-13H2,1H3. The van der Waals surface area contributed by atoms with Crippen molar-refractivity contribution in [2.45, 2.75) is 26.4 Å². The minimum atomic E-state index is -4.82. The Bertz CT molecular complexity index is 1320. The fourth-order valence-corrected chi connectivity index (χ4v) is 3.33. The van der Waals surface area contributed by atoms with Crippen molar-refractivity contribution < 1.29 is 22.7 Å². The van der Waals surface area contributed by atoms with Gasteiger partial charge in [-0.05, 0) is 18.6 Å². The highest BCUT2D eigenvalue weighted by Crippen LogP contribution is 2.28. The van der Waals surface area contributed by atoms with Crippen molar-refractivity contribution in [1.82, 2.24) is 14.7 Å². The van der Waals surface area contributed by atoms with Crippen LogP contribution in [0.2, 0.25) is 0 Å². The van der Waals surface area contributed by atoms with Gasteiger partial charge in [0.1, 0.15) is 18.7 Å². The first-order valence-electron chi connectivity index (χ1n) is 9.94. The second-order valence-electron chi connectivity index (χ2n) is 7.12. The summed E-state index contributed by atoms with van der Waals surface area (Å²) in [7, 11) is 0. The van der Waals surface area contributed by atoms with Gasteiger partial charge in [-0.15, -0.1) is 17.9 Å². The van der Waals surface area contributed by atoms with Crippen molar-refractivity contribution in [1.29, 1.82) is 0 Å². The summed E-state index contributed by atoms with van der Waals surface area (Å²) in [6.45, 7) is 1.86. The number of alkyl halides is 3. The second-order valence-corrected chi connectivity index (χ2v) is 7.12. The van der Waals surface area contributed by atoms with Crippen LogP contribution in [0, 0.1) is 6.92 Å². The predicted octanol–water partition coefficient (Wildman–Crippen LogP) is 4.24. The number of aromatic nitrogens is 3. The van der Waals surface area contributed by atoms with Crippen molar-refractivity contribution in [3.8, 4) is 5.75 Å². The van der Waals surface area contributed by atoms with Crippen molar-refractivity contribution in [2.24, 2.45) is 0 Å². The summed E-state index contributed by atoms with van der Waals surface area (Å²) in [6, 6.07) is 16.4. The molecular weight excluding hydrogens is 437 g/mol. The van der Waals surface area contributed by atoms with Crippen LogP contribution in [0.5, 0.6) is 5.75 Å². The lowest BCUT2D eigenvalue weighted by molar-refractivity contribution is -0.274. The fourth-order valence-electron chi connectivity index (χ4n) is 3.33. The summed E-state index contributed by atoms with van der Waals surface area (Å²) in [5.41, 5.74) is 1.83. The lowest BCUT2D eigenvalue weighted by atomic mass is 10.1. The van der Waals surface area contributed by atoms with Crippen LogP contribution in [0.4, 0.5) is 18.9 Å². The number of anilines is 1. The molecule has 7 nitrogen and oxygen atoms in total. The van der Waals surface area contributed by atoms with Gasteiger partial charge >= 0.3 is 6.36 Å². The fraction of sp³-hybridized carbons (Fsp3) is 0.174. The summed E-state index contributed by atoms with van der Waals surface area (Å²) in [5.74, 6) is -0.325. The lowest BCUT2D eigenvalue weighted by Crippen LogP contribution is -2.28. The van der Waals surface area contributed by atoms with Crippen LogP contribution in [0.1, 0.15) is 16.8 Å². The third kappa shape index (κ3) is 5.22. The maximum Gasteiger partial charge on any atom is 0.573 e. The van der Waals surface area contributed by atoms with Crippen LogP contribution in [0.15, 0.2) is 71.8 Å². The lowest BCUT2D eigenvalue weighted by Gasteiger charge is -2.17. The van der Waals surface area contributed by atoms with Crippen LogP contribution < -0.4 is 20.5 Å². The minimum Gasteiger partial charge on any atom is -0.405 e. The molecule has 0 atom stereocenters. The zero-order valence-corrected chi connectivity index (χ0v) is 17.5. The minimum absolute atomic E-state index is 0.0238. The molecule has 2 aromatic carbocycles. The van der Waals surface area contributed by atoms with Gasteiger partial charge in [0, 0.05) is 18.2 Å². The molecule has 0 saturated heterocycles. The van der Waals surface area contributed by atoms with E-state index in [1.165, 1.54) is 30.6 Å². The number of rotatable bonds is 7. The second kappa shape index (κ2) is 9.19. The molecule has 0 aliphatic rings. The summed E-state index contributed by atoms with van der Waals surface area (Å²) in [5, 5.41) is 3.53. The highest BCUT2D eigenvalue weighted by molar-refractivity contribution is 5.90. The Morgan fingerprint density at radius 3 is 2.52 bits per heavy atom. The van der Waals surface area contributed by atoms with Crippen molar-refractivity contribution in [3.05, 3.63) is 94.2 Å². The monoisotopic (exact) mass is 456 g/mol. The van der Waals surface area contributed by atoms with E-state index in [4.69, 9.17) is 4.84 Å². The number of fused-ring (bicyclic) bond motifs is 1. The number of hydrogen-bond donors (Lipinski definition) is 1. The highest BCUT2D eigenvalue weighted by Gasteiger charge is 2.32. The third-order valence-corrected chi connectivity index (χ3v) is 4.82. The predicted molar refractivity (Wildman–Crippen MR) is 116 cm³/mol. The van der Waals surface area contributed by atoms with Crippen LogP contribution in [0.3, 0.4) is 0 Å². The molecule has 0 aliphatic heterocycles. The molecule has 1 N–H and O–H groups in total. The van der Waals surface area contributed by atoms with E-state index in [0.29, 0.717) is 16.8 Å². The first-order valence-corrected chi connectivity index (χ1v) is 9.94. The van der Waals surface area contributed by atoms with E-state index in [1.807, 2.05) is 30.3 Å². The number of pyridine rings is 1. The van der Waals surface area contributed by atoms with E-state index in [-0.39, 0.29) is 30.1 Å². The third-order valence-electron chi connectivity index (χ3n) is 4.82. The number of nitrogens with zero attached hydrogens (tertiary/aromatic N) is 3. The summed E-state index contributed by atoms with van der Waals surface area (Å²) < 4.78 is 43.3. The maximum atomic E-state index is 12.8. The molecule has 0 radical (unpaired) electrons. The van der Waals surface area contributed by atoms with E-state index in [9.17, 15) is 18.0 Å². The summed E-state index contributed by atoms with van der Waals surface area (Å²) >= 11 is 0. The van der Waals surface area contributed by atoms with Crippen molar-refractivity contribution in [2.75, 3.05) is 5.32 Å². The number of nitrogens with one attached hydrogen (secondary N) is 1. The van der Waals surface area contributed by atoms with Crippen LogP contribution in [0.25, 0.3) is 11.0 Å². The highest BCUT2D eigenvalue weighted by atomic mass is 19.4. The Balaban J connectivity index is 1.65. The summed E-state index contributed by atoms with van der Waals surface area (Å²) in [4.78, 5) is 26.9. The van der Waals surface area contributed by atoms with E-state index in [0.717, 1.165) is 10.3 Å². The molecule has 0 unspecified atom stereocenters. The Kier molecular flexibility index (Phi) is 6.16. The molecule has 0 aliphatic carbocycles. The van der Waals surface area contributed by atoms with Gasteiger partial charge in [0.25, 0.3) is 5.56 Å². The first kappa shape index (κ1) is 22.1. The van der Waals surface area contributed by atoms with Gasteiger partial charge in [0.05, 0.1) is 16.8 Å². The topological polar surface area (TPSA) is 78.3 Å². The zero-order valence-electron chi connectivity index (χ0n) is 17.5. The SMILES string of the molecule is Cc1ncnc2c1c(NCc1ccccc1OC(F)(F)F)cc(=O)n2OCc1ccccc1. The van der Waals surface area contributed by atoms with E-state index < -0.39 is 11.9 Å². The molecule has 10 heteroatoms. The average Bonchev–Trinajstić information content (AvgIpc) is 2.77. The molecular formula is C23H19F3N4O3. The number of para-hydroxylation sites is 1. The molecule has 2 heterocycles. The smallest absolute Gasteiger partial charge is 0.405 e. The van der Waals surface area contributed by atoms with Gasteiger partial charge in [0.2, 0.25) is 0 Å². The number of halogens is 3. The molecule has 0 spiro atoms. The van der Waals surface area contributed by atoms with Gasteiger partial charge in [-0.25, -0.2) is 9.97 Å². The van der Waals surface area contributed by atoms with E-state index in [1.54, 1.807) is 13.0 Å². The van der Waals surface area contributed by atoms with Crippen LogP contribution in [-0.2, 0) is 13.2 Å². The van der Waals surface area contributed by atoms with E-state index in [2.05, 4.69) is 20.0 Å². The molecule has 4 rings (SSSR count). The Morgan fingerprint density at radius 2 is 1.76 bits per heavy atom. The molecule has 2 aromatic heterocycles. The number of ether oxygens (including phenoxy) is 1. The first-order chi connectivity index (χ1) is 15.8. The quantitative estimate of drug-likeness (QED) is 0.448. The number of benzene rings is 2. The van der Waals surface area contributed by atoms with Gasteiger partial charge < -0.3 is 14.9 Å². The molecule has 33 heavy (non-hydrogen) atoms. The van der Waals surface area contributed by atoms with E-state index >= 15 is 0 Å². The zero-order chi connectivity index (χ0) is 23.4.